The molecule has 1 saturated heterocycles. The third-order valence-corrected chi connectivity index (χ3v) is 3.38. The van der Waals surface area contributed by atoms with Gasteiger partial charge in [0.1, 0.15) is 0 Å². The summed E-state index contributed by atoms with van der Waals surface area (Å²) in [4.78, 5) is 11.5. The molecule has 0 aromatic carbocycles. The zero-order valence-electron chi connectivity index (χ0n) is 9.01. The molecule has 14 heavy (non-hydrogen) atoms. The first kappa shape index (κ1) is 11.9. The molecule has 0 spiro atoms. The van der Waals surface area contributed by atoms with Crippen LogP contribution in [0.1, 0.15) is 19.8 Å². The van der Waals surface area contributed by atoms with Crippen molar-refractivity contribution < 1.29 is 4.79 Å². The van der Waals surface area contributed by atoms with Crippen LogP contribution in [-0.4, -0.2) is 37.0 Å². The van der Waals surface area contributed by atoms with Crippen LogP contribution in [0.3, 0.4) is 0 Å². The number of hydrogen-bond donors (Lipinski definition) is 2. The predicted octanol–water partition coefficient (Wildman–Crippen LogP) is 0.854. The maximum atomic E-state index is 11.5. The quantitative estimate of drug-likeness (QED) is 0.716. The SMILES string of the molecule is CSCC(C)C(=O)NCC1CCCN1. The summed E-state index contributed by atoms with van der Waals surface area (Å²) in [5, 5.41) is 6.36. The third-order valence-electron chi connectivity index (χ3n) is 2.55. The number of nitrogens with one attached hydrogen (secondary N) is 2. The van der Waals surface area contributed by atoms with Gasteiger partial charge in [0, 0.05) is 24.3 Å². The molecule has 2 N–H and O–H groups in total. The Bertz CT molecular complexity index is 181. The van der Waals surface area contributed by atoms with Gasteiger partial charge in [-0.15, -0.1) is 0 Å². The normalized spacial score (nSPS) is 23.4. The Morgan fingerprint density at radius 1 is 1.71 bits per heavy atom. The maximum absolute atomic E-state index is 11.5. The van der Waals surface area contributed by atoms with Gasteiger partial charge in [0.15, 0.2) is 0 Å². The maximum Gasteiger partial charge on any atom is 0.223 e. The lowest BCUT2D eigenvalue weighted by atomic mass is 10.2. The van der Waals surface area contributed by atoms with Gasteiger partial charge in [-0.3, -0.25) is 4.79 Å². The predicted molar refractivity (Wildman–Crippen MR) is 61.6 cm³/mol. The smallest absolute Gasteiger partial charge is 0.223 e. The van der Waals surface area contributed by atoms with E-state index < -0.39 is 0 Å². The minimum atomic E-state index is 0.131. The number of carbonyl (C=O) groups excluding carboxylic acids is 1. The number of hydrogen-bond acceptors (Lipinski definition) is 3. The summed E-state index contributed by atoms with van der Waals surface area (Å²) in [7, 11) is 0. The molecule has 82 valence electrons. The molecule has 0 aromatic heterocycles. The molecule has 1 amide bonds. The van der Waals surface area contributed by atoms with Gasteiger partial charge in [0.25, 0.3) is 0 Å². The van der Waals surface area contributed by atoms with E-state index in [0.29, 0.717) is 6.04 Å². The molecule has 2 unspecified atom stereocenters. The first-order chi connectivity index (χ1) is 6.74. The van der Waals surface area contributed by atoms with E-state index in [1.807, 2.05) is 13.2 Å². The van der Waals surface area contributed by atoms with Crippen LogP contribution >= 0.6 is 11.8 Å². The van der Waals surface area contributed by atoms with Crippen LogP contribution in [0.2, 0.25) is 0 Å². The molecule has 0 aromatic rings. The monoisotopic (exact) mass is 216 g/mol. The van der Waals surface area contributed by atoms with Gasteiger partial charge >= 0.3 is 0 Å². The zero-order valence-corrected chi connectivity index (χ0v) is 9.82. The molecule has 1 aliphatic heterocycles. The molecule has 4 heteroatoms. The van der Waals surface area contributed by atoms with E-state index in [1.165, 1.54) is 12.8 Å². The van der Waals surface area contributed by atoms with Gasteiger partial charge in [-0.2, -0.15) is 11.8 Å². The van der Waals surface area contributed by atoms with E-state index >= 15 is 0 Å². The molecule has 1 aliphatic rings. The molecule has 0 saturated carbocycles. The minimum absolute atomic E-state index is 0.131. The molecule has 1 rings (SSSR count). The number of rotatable bonds is 5. The Morgan fingerprint density at radius 2 is 2.50 bits per heavy atom. The van der Waals surface area contributed by atoms with E-state index in [0.717, 1.165) is 18.8 Å². The topological polar surface area (TPSA) is 41.1 Å². The van der Waals surface area contributed by atoms with Crippen molar-refractivity contribution in [2.75, 3.05) is 25.1 Å². The zero-order chi connectivity index (χ0) is 10.4. The van der Waals surface area contributed by atoms with Gasteiger partial charge in [-0.1, -0.05) is 6.92 Å². The van der Waals surface area contributed by atoms with E-state index in [2.05, 4.69) is 10.6 Å². The second-order valence-electron chi connectivity index (χ2n) is 3.89. The van der Waals surface area contributed by atoms with E-state index in [-0.39, 0.29) is 11.8 Å². The largest absolute Gasteiger partial charge is 0.354 e. The van der Waals surface area contributed by atoms with Gasteiger partial charge in [-0.05, 0) is 25.6 Å². The highest BCUT2D eigenvalue weighted by molar-refractivity contribution is 7.98. The van der Waals surface area contributed by atoms with Crippen molar-refractivity contribution in [3.05, 3.63) is 0 Å². The highest BCUT2D eigenvalue weighted by atomic mass is 32.2. The van der Waals surface area contributed by atoms with Crippen molar-refractivity contribution in [3.8, 4) is 0 Å². The average Bonchev–Trinajstić information content (AvgIpc) is 2.67. The number of amides is 1. The van der Waals surface area contributed by atoms with Crippen molar-refractivity contribution >= 4 is 17.7 Å². The lowest BCUT2D eigenvalue weighted by Crippen LogP contribution is -2.39. The van der Waals surface area contributed by atoms with E-state index in [9.17, 15) is 4.79 Å². The lowest BCUT2D eigenvalue weighted by molar-refractivity contribution is -0.123. The summed E-state index contributed by atoms with van der Waals surface area (Å²) in [6.45, 7) is 3.87. The summed E-state index contributed by atoms with van der Waals surface area (Å²) >= 11 is 1.72. The lowest BCUT2D eigenvalue weighted by Gasteiger charge is -2.14. The number of thioether (sulfide) groups is 1. The Morgan fingerprint density at radius 3 is 3.07 bits per heavy atom. The second-order valence-corrected chi connectivity index (χ2v) is 4.81. The fraction of sp³-hybridized carbons (Fsp3) is 0.900. The summed E-state index contributed by atoms with van der Waals surface area (Å²) in [6, 6.07) is 0.500. The van der Waals surface area contributed by atoms with E-state index in [4.69, 9.17) is 0 Å². The van der Waals surface area contributed by atoms with Crippen LogP contribution in [0.25, 0.3) is 0 Å². The second kappa shape index (κ2) is 6.30. The number of carbonyl (C=O) groups is 1. The van der Waals surface area contributed by atoms with Crippen LogP contribution in [0.15, 0.2) is 0 Å². The van der Waals surface area contributed by atoms with Gasteiger partial charge in [0.05, 0.1) is 0 Å². The Balaban J connectivity index is 2.13. The molecule has 0 bridgehead atoms. The van der Waals surface area contributed by atoms with Crippen LogP contribution in [0.4, 0.5) is 0 Å². The Kier molecular flexibility index (Phi) is 5.33. The van der Waals surface area contributed by atoms with Crippen molar-refractivity contribution in [2.45, 2.75) is 25.8 Å². The van der Waals surface area contributed by atoms with Crippen LogP contribution < -0.4 is 10.6 Å². The summed E-state index contributed by atoms with van der Waals surface area (Å²) < 4.78 is 0. The van der Waals surface area contributed by atoms with Gasteiger partial charge in [0.2, 0.25) is 5.91 Å². The van der Waals surface area contributed by atoms with Crippen molar-refractivity contribution in [3.63, 3.8) is 0 Å². The van der Waals surface area contributed by atoms with Crippen molar-refractivity contribution in [1.82, 2.24) is 10.6 Å². The van der Waals surface area contributed by atoms with Gasteiger partial charge in [-0.25, -0.2) is 0 Å². The molecular formula is C10H20N2OS. The Hall–Kier alpha value is -0.220. The van der Waals surface area contributed by atoms with Crippen LogP contribution in [0, 0.1) is 5.92 Å². The van der Waals surface area contributed by atoms with Crippen LogP contribution in [-0.2, 0) is 4.79 Å². The highest BCUT2D eigenvalue weighted by Gasteiger charge is 2.16. The molecule has 3 nitrogen and oxygen atoms in total. The summed E-state index contributed by atoms with van der Waals surface area (Å²) in [5.41, 5.74) is 0. The fourth-order valence-corrected chi connectivity index (χ4v) is 2.31. The Labute approximate surface area is 90.4 Å². The van der Waals surface area contributed by atoms with Gasteiger partial charge < -0.3 is 10.6 Å². The third kappa shape index (κ3) is 3.88. The average molecular weight is 216 g/mol. The van der Waals surface area contributed by atoms with Crippen molar-refractivity contribution in [1.29, 1.82) is 0 Å². The molecule has 0 aliphatic carbocycles. The minimum Gasteiger partial charge on any atom is -0.354 e. The highest BCUT2D eigenvalue weighted by Crippen LogP contribution is 2.06. The molecule has 2 atom stereocenters. The first-order valence-corrected chi connectivity index (χ1v) is 6.63. The fourth-order valence-electron chi connectivity index (χ4n) is 1.65. The molecule has 1 fully saturated rings. The standard InChI is InChI=1S/C10H20N2OS/c1-8(7-14-2)10(13)12-6-9-4-3-5-11-9/h8-9,11H,3-7H2,1-2H3,(H,12,13). The molecular weight excluding hydrogens is 196 g/mol. The molecule has 1 heterocycles. The van der Waals surface area contributed by atoms with Crippen molar-refractivity contribution in [2.24, 2.45) is 5.92 Å². The van der Waals surface area contributed by atoms with E-state index in [1.54, 1.807) is 11.8 Å². The van der Waals surface area contributed by atoms with Crippen LogP contribution in [0.5, 0.6) is 0 Å². The molecule has 0 radical (unpaired) electrons. The summed E-state index contributed by atoms with van der Waals surface area (Å²) in [5.74, 6) is 1.23. The summed E-state index contributed by atoms with van der Waals surface area (Å²) in [6.07, 6.45) is 4.46. The first-order valence-electron chi connectivity index (χ1n) is 5.24.